The van der Waals surface area contributed by atoms with Crippen LogP contribution in [0.15, 0.2) is 103 Å². The van der Waals surface area contributed by atoms with Crippen LogP contribution in [0.25, 0.3) is 28.0 Å². The van der Waals surface area contributed by atoms with Crippen LogP contribution in [-0.2, 0) is 18.4 Å². The van der Waals surface area contributed by atoms with Crippen LogP contribution in [0, 0.1) is 6.92 Å². The average molecular weight is 481 g/mol. The van der Waals surface area contributed by atoms with Crippen molar-refractivity contribution in [3.8, 4) is 22.6 Å². The molecule has 0 radical (unpaired) electrons. The van der Waals surface area contributed by atoms with E-state index in [4.69, 9.17) is 9.47 Å². The van der Waals surface area contributed by atoms with Gasteiger partial charge in [-0.3, -0.25) is 0 Å². The van der Waals surface area contributed by atoms with Gasteiger partial charge in [-0.2, -0.15) is 0 Å². The van der Waals surface area contributed by atoms with E-state index in [2.05, 4.69) is 104 Å². The number of fused-ring (bicyclic) bond motifs is 8. The SMILES string of the molecule is COc1ccc(C2(c3ccc(C)cc3)C=Cc3c4c(c5ccccc5c3O2)-c2ccccc2CC4)cc1. The average Bonchev–Trinajstić information content (AvgIpc) is 2.97. The van der Waals surface area contributed by atoms with Gasteiger partial charge < -0.3 is 9.47 Å². The molecule has 0 saturated carbocycles. The third kappa shape index (κ3) is 3.33. The highest BCUT2D eigenvalue weighted by Crippen LogP contribution is 2.51. The Labute approximate surface area is 217 Å². The van der Waals surface area contributed by atoms with Gasteiger partial charge in [0.05, 0.1) is 7.11 Å². The maximum Gasteiger partial charge on any atom is 0.178 e. The van der Waals surface area contributed by atoms with Crippen LogP contribution in [0.5, 0.6) is 11.5 Å². The van der Waals surface area contributed by atoms with Crippen LogP contribution in [0.1, 0.15) is 33.4 Å². The minimum absolute atomic E-state index is 0.740. The van der Waals surface area contributed by atoms with Crippen LogP contribution >= 0.6 is 0 Å². The van der Waals surface area contributed by atoms with Gasteiger partial charge in [0.15, 0.2) is 5.60 Å². The van der Waals surface area contributed by atoms with Gasteiger partial charge in [-0.05, 0) is 65.6 Å². The fraction of sp³-hybridized carbons (Fsp3) is 0.143. The van der Waals surface area contributed by atoms with Crippen molar-refractivity contribution in [2.24, 2.45) is 0 Å². The predicted octanol–water partition coefficient (Wildman–Crippen LogP) is 8.27. The molecule has 1 unspecified atom stereocenters. The van der Waals surface area contributed by atoms with E-state index >= 15 is 0 Å². The Morgan fingerprint density at radius 1 is 0.730 bits per heavy atom. The summed E-state index contributed by atoms with van der Waals surface area (Å²) in [5, 5.41) is 2.41. The molecule has 0 saturated heterocycles. The smallest absolute Gasteiger partial charge is 0.178 e. The molecule has 5 aromatic rings. The van der Waals surface area contributed by atoms with Crippen molar-refractivity contribution in [1.82, 2.24) is 0 Å². The quantitative estimate of drug-likeness (QED) is 0.259. The largest absolute Gasteiger partial charge is 0.497 e. The van der Waals surface area contributed by atoms with Crippen molar-refractivity contribution in [3.05, 3.63) is 137 Å². The van der Waals surface area contributed by atoms with E-state index in [0.29, 0.717) is 0 Å². The third-order valence-corrected chi connectivity index (χ3v) is 7.99. The first-order valence-corrected chi connectivity index (χ1v) is 12.9. The number of methoxy groups -OCH3 is 1. The van der Waals surface area contributed by atoms with Gasteiger partial charge in [0.25, 0.3) is 0 Å². The van der Waals surface area contributed by atoms with E-state index in [9.17, 15) is 0 Å². The van der Waals surface area contributed by atoms with Crippen molar-refractivity contribution in [2.75, 3.05) is 7.11 Å². The Kier molecular flexibility index (Phi) is 4.97. The summed E-state index contributed by atoms with van der Waals surface area (Å²) >= 11 is 0. The molecule has 0 spiro atoms. The summed E-state index contributed by atoms with van der Waals surface area (Å²) in [7, 11) is 1.70. The summed E-state index contributed by atoms with van der Waals surface area (Å²) in [5.41, 5.74) is 9.40. The zero-order valence-electron chi connectivity index (χ0n) is 21.1. The van der Waals surface area contributed by atoms with Crippen molar-refractivity contribution < 1.29 is 9.47 Å². The topological polar surface area (TPSA) is 18.5 Å². The number of hydrogen-bond acceptors (Lipinski definition) is 2. The molecule has 37 heavy (non-hydrogen) atoms. The highest BCUT2D eigenvalue weighted by molar-refractivity contribution is 6.06. The molecule has 1 aliphatic carbocycles. The monoisotopic (exact) mass is 480 g/mol. The summed E-state index contributed by atoms with van der Waals surface area (Å²) in [6.45, 7) is 2.12. The summed E-state index contributed by atoms with van der Waals surface area (Å²) in [4.78, 5) is 0. The van der Waals surface area contributed by atoms with Crippen LogP contribution in [0.2, 0.25) is 0 Å². The summed E-state index contributed by atoms with van der Waals surface area (Å²) in [5.74, 6) is 1.80. The molecule has 0 fully saturated rings. The molecule has 5 aromatic carbocycles. The zero-order valence-corrected chi connectivity index (χ0v) is 21.1. The van der Waals surface area contributed by atoms with Crippen molar-refractivity contribution >= 4 is 16.8 Å². The van der Waals surface area contributed by atoms with Crippen molar-refractivity contribution in [2.45, 2.75) is 25.4 Å². The molecule has 1 aliphatic heterocycles. The van der Waals surface area contributed by atoms with Gasteiger partial charge in [0.2, 0.25) is 0 Å². The number of aryl methyl sites for hydroxylation is 2. The lowest BCUT2D eigenvalue weighted by atomic mass is 9.77. The Morgan fingerprint density at radius 3 is 2.16 bits per heavy atom. The first-order chi connectivity index (χ1) is 18.2. The second kappa shape index (κ2) is 8.38. The van der Waals surface area contributed by atoms with Gasteiger partial charge in [-0.25, -0.2) is 0 Å². The third-order valence-electron chi connectivity index (χ3n) is 7.99. The van der Waals surface area contributed by atoms with Gasteiger partial charge in [-0.1, -0.05) is 96.6 Å². The summed E-state index contributed by atoms with van der Waals surface area (Å²) in [6, 6.07) is 34.5. The number of ether oxygens (including phenoxy) is 2. The number of rotatable bonds is 3. The Hall–Kier alpha value is -4.30. The van der Waals surface area contributed by atoms with Crippen molar-refractivity contribution in [3.63, 3.8) is 0 Å². The molecule has 1 atom stereocenters. The second-order valence-electron chi connectivity index (χ2n) is 10.1. The van der Waals surface area contributed by atoms with E-state index < -0.39 is 5.60 Å². The zero-order chi connectivity index (χ0) is 25.0. The van der Waals surface area contributed by atoms with E-state index in [0.717, 1.165) is 40.9 Å². The Balaban J connectivity index is 1.50. The molecule has 0 aromatic heterocycles. The molecular weight excluding hydrogens is 452 g/mol. The van der Waals surface area contributed by atoms with E-state index in [1.54, 1.807) is 7.11 Å². The minimum atomic E-state index is -0.740. The number of hydrogen-bond donors (Lipinski definition) is 0. The predicted molar refractivity (Wildman–Crippen MR) is 151 cm³/mol. The summed E-state index contributed by atoms with van der Waals surface area (Å²) in [6.07, 6.45) is 6.61. The minimum Gasteiger partial charge on any atom is -0.497 e. The first kappa shape index (κ1) is 21.9. The lowest BCUT2D eigenvalue weighted by Crippen LogP contribution is -2.34. The normalized spacial score (nSPS) is 17.5. The van der Waals surface area contributed by atoms with Gasteiger partial charge in [-0.15, -0.1) is 0 Å². The standard InChI is InChI=1S/C35H28O2/c1-23-11-14-25(15-12-23)35(26-16-18-27(36-2)19-17-26)22-21-32-30-20-13-24-7-3-4-8-28(24)33(30)29-9-5-6-10-31(29)34(32)37-35/h3-12,14-19,21-22H,13,20H2,1-2H3. The first-order valence-electron chi connectivity index (χ1n) is 12.9. The lowest BCUT2D eigenvalue weighted by molar-refractivity contribution is 0.163. The molecular formula is C35H28O2. The van der Waals surface area contributed by atoms with Gasteiger partial charge in [0.1, 0.15) is 11.5 Å². The lowest BCUT2D eigenvalue weighted by Gasteiger charge is -2.38. The molecule has 180 valence electrons. The van der Waals surface area contributed by atoms with Gasteiger partial charge >= 0.3 is 0 Å². The molecule has 2 nitrogen and oxygen atoms in total. The molecule has 0 bridgehead atoms. The molecule has 1 heterocycles. The van der Waals surface area contributed by atoms with E-state index in [-0.39, 0.29) is 0 Å². The van der Waals surface area contributed by atoms with Crippen molar-refractivity contribution in [1.29, 1.82) is 0 Å². The Bertz CT molecular complexity index is 1680. The van der Waals surface area contributed by atoms with E-state index in [1.807, 2.05) is 12.1 Å². The Morgan fingerprint density at radius 2 is 1.41 bits per heavy atom. The van der Waals surface area contributed by atoms with Crippen LogP contribution in [0.3, 0.4) is 0 Å². The highest BCUT2D eigenvalue weighted by atomic mass is 16.5. The van der Waals surface area contributed by atoms with Crippen LogP contribution < -0.4 is 9.47 Å². The highest BCUT2D eigenvalue weighted by Gasteiger charge is 2.39. The molecule has 0 N–H and O–H groups in total. The fourth-order valence-corrected chi connectivity index (χ4v) is 6.09. The van der Waals surface area contributed by atoms with Crippen LogP contribution in [-0.4, -0.2) is 7.11 Å². The van der Waals surface area contributed by atoms with Gasteiger partial charge in [0, 0.05) is 22.1 Å². The molecule has 7 rings (SSSR count). The van der Waals surface area contributed by atoms with E-state index in [1.165, 1.54) is 38.8 Å². The molecule has 0 amide bonds. The fourth-order valence-electron chi connectivity index (χ4n) is 6.09. The van der Waals surface area contributed by atoms with Crippen LogP contribution in [0.4, 0.5) is 0 Å². The summed E-state index contributed by atoms with van der Waals surface area (Å²) < 4.78 is 12.7. The molecule has 2 aliphatic rings. The second-order valence-corrected chi connectivity index (χ2v) is 10.1. The number of benzene rings is 5. The maximum absolute atomic E-state index is 7.24. The molecule has 2 heteroatoms. The maximum atomic E-state index is 7.24.